The third-order valence-electron chi connectivity index (χ3n) is 4.34. The highest BCUT2D eigenvalue weighted by molar-refractivity contribution is 6.01. The lowest BCUT2D eigenvalue weighted by Gasteiger charge is -2.19. The summed E-state index contributed by atoms with van der Waals surface area (Å²) >= 11 is 0. The molecule has 3 aromatic rings. The van der Waals surface area contributed by atoms with E-state index in [-0.39, 0.29) is 11.8 Å². The molecule has 3 aromatic carbocycles. The molecular weight excluding hydrogens is 336 g/mol. The largest absolute Gasteiger partial charge is 0.336 e. The lowest BCUT2D eigenvalue weighted by Crippen LogP contribution is -2.37. The predicted octanol–water partition coefficient (Wildman–Crippen LogP) is 4.36. The summed E-state index contributed by atoms with van der Waals surface area (Å²) in [5.41, 5.74) is 3.14. The molecule has 0 bridgehead atoms. The van der Waals surface area contributed by atoms with Crippen molar-refractivity contribution in [3.05, 3.63) is 102 Å². The molecule has 27 heavy (non-hydrogen) atoms. The molecule has 0 spiro atoms. The second-order valence-corrected chi connectivity index (χ2v) is 6.22. The summed E-state index contributed by atoms with van der Waals surface area (Å²) in [5, 5.41) is 5.74. The third-order valence-corrected chi connectivity index (χ3v) is 4.34. The van der Waals surface area contributed by atoms with Gasteiger partial charge in [0.15, 0.2) is 0 Å². The van der Waals surface area contributed by atoms with Crippen LogP contribution in [-0.2, 0) is 11.2 Å². The molecule has 0 heterocycles. The van der Waals surface area contributed by atoms with Gasteiger partial charge in [0.1, 0.15) is 6.04 Å². The van der Waals surface area contributed by atoms with Crippen molar-refractivity contribution in [3.63, 3.8) is 0 Å². The molecule has 0 radical (unpaired) electrons. The number of hydrogen-bond acceptors (Lipinski definition) is 2. The Kier molecular flexibility index (Phi) is 6.00. The Morgan fingerprint density at radius 3 is 2.00 bits per heavy atom. The first kappa shape index (κ1) is 18.4. The molecule has 0 fully saturated rings. The fourth-order valence-electron chi connectivity index (χ4n) is 2.79. The smallest absolute Gasteiger partial charge is 0.252 e. The second kappa shape index (κ2) is 8.81. The maximum Gasteiger partial charge on any atom is 0.252 e. The monoisotopic (exact) mass is 358 g/mol. The van der Waals surface area contributed by atoms with E-state index >= 15 is 0 Å². The SMILES string of the molecule is CCc1ccc(NC(=O)C(NC(=O)c2ccccc2)c2ccccc2)cc1. The number of rotatable bonds is 6. The molecule has 136 valence electrons. The third kappa shape index (κ3) is 4.82. The van der Waals surface area contributed by atoms with Gasteiger partial charge in [-0.3, -0.25) is 9.59 Å². The van der Waals surface area contributed by atoms with Gasteiger partial charge >= 0.3 is 0 Å². The highest BCUT2D eigenvalue weighted by atomic mass is 16.2. The summed E-state index contributed by atoms with van der Waals surface area (Å²) < 4.78 is 0. The first-order valence-electron chi connectivity index (χ1n) is 8.98. The highest BCUT2D eigenvalue weighted by Crippen LogP contribution is 2.18. The molecule has 0 aliphatic rings. The van der Waals surface area contributed by atoms with E-state index in [0.717, 1.165) is 12.0 Å². The maximum absolute atomic E-state index is 12.9. The van der Waals surface area contributed by atoms with E-state index in [9.17, 15) is 9.59 Å². The molecular formula is C23H22N2O2. The fraction of sp³-hybridized carbons (Fsp3) is 0.130. The van der Waals surface area contributed by atoms with Crippen molar-refractivity contribution in [1.29, 1.82) is 0 Å². The van der Waals surface area contributed by atoms with Gasteiger partial charge in [-0.1, -0.05) is 67.6 Å². The fourth-order valence-corrected chi connectivity index (χ4v) is 2.79. The summed E-state index contributed by atoms with van der Waals surface area (Å²) in [6.45, 7) is 2.08. The van der Waals surface area contributed by atoms with Crippen LogP contribution in [-0.4, -0.2) is 11.8 Å². The Morgan fingerprint density at radius 1 is 0.815 bits per heavy atom. The minimum atomic E-state index is -0.787. The molecule has 3 rings (SSSR count). The van der Waals surface area contributed by atoms with Crippen LogP contribution in [0.1, 0.15) is 34.5 Å². The van der Waals surface area contributed by atoms with Crippen LogP contribution in [0.3, 0.4) is 0 Å². The molecule has 4 nitrogen and oxygen atoms in total. The van der Waals surface area contributed by atoms with E-state index < -0.39 is 6.04 Å². The Hall–Kier alpha value is -3.40. The van der Waals surface area contributed by atoms with Gasteiger partial charge in [-0.05, 0) is 41.8 Å². The first-order valence-corrected chi connectivity index (χ1v) is 8.98. The van der Waals surface area contributed by atoms with E-state index in [0.29, 0.717) is 11.3 Å². The standard InChI is InChI=1S/C23H22N2O2/c1-2-17-13-15-20(16-14-17)24-23(27)21(18-9-5-3-6-10-18)25-22(26)19-11-7-4-8-12-19/h3-16,21H,2H2,1H3,(H,24,27)(H,25,26). The second-order valence-electron chi connectivity index (χ2n) is 6.22. The van der Waals surface area contributed by atoms with Gasteiger partial charge in [-0.25, -0.2) is 0 Å². The summed E-state index contributed by atoms with van der Waals surface area (Å²) in [6.07, 6.45) is 0.938. The molecule has 2 amide bonds. The number of hydrogen-bond donors (Lipinski definition) is 2. The van der Waals surface area contributed by atoms with Crippen molar-refractivity contribution < 1.29 is 9.59 Å². The summed E-state index contributed by atoms with van der Waals surface area (Å²) in [4.78, 5) is 25.5. The maximum atomic E-state index is 12.9. The minimum Gasteiger partial charge on any atom is -0.336 e. The number of carbonyl (C=O) groups excluding carboxylic acids is 2. The quantitative estimate of drug-likeness (QED) is 0.688. The van der Waals surface area contributed by atoms with Crippen molar-refractivity contribution in [2.75, 3.05) is 5.32 Å². The van der Waals surface area contributed by atoms with Crippen molar-refractivity contribution >= 4 is 17.5 Å². The van der Waals surface area contributed by atoms with Gasteiger partial charge in [0.2, 0.25) is 0 Å². The van der Waals surface area contributed by atoms with Crippen LogP contribution < -0.4 is 10.6 Å². The van der Waals surface area contributed by atoms with Crippen LogP contribution in [0.2, 0.25) is 0 Å². The normalized spacial score (nSPS) is 11.4. The van der Waals surface area contributed by atoms with Gasteiger partial charge in [0.25, 0.3) is 11.8 Å². The molecule has 1 atom stereocenters. The molecule has 0 aliphatic heterocycles. The number of benzene rings is 3. The Labute approximate surface area is 159 Å². The Bertz CT molecular complexity index is 891. The van der Waals surface area contributed by atoms with Gasteiger partial charge in [0.05, 0.1) is 0 Å². The molecule has 0 aromatic heterocycles. The van der Waals surface area contributed by atoms with Crippen LogP contribution in [0.15, 0.2) is 84.9 Å². The number of amides is 2. The average Bonchev–Trinajstić information content (AvgIpc) is 2.73. The lowest BCUT2D eigenvalue weighted by atomic mass is 10.0. The molecule has 2 N–H and O–H groups in total. The van der Waals surface area contributed by atoms with E-state index in [1.165, 1.54) is 5.56 Å². The van der Waals surface area contributed by atoms with E-state index in [4.69, 9.17) is 0 Å². The number of aryl methyl sites for hydroxylation is 1. The van der Waals surface area contributed by atoms with E-state index in [1.807, 2.05) is 60.7 Å². The first-order chi connectivity index (χ1) is 13.2. The summed E-state index contributed by atoms with van der Waals surface area (Å²) in [5.74, 6) is -0.573. The van der Waals surface area contributed by atoms with Gasteiger partial charge in [-0.2, -0.15) is 0 Å². The van der Waals surface area contributed by atoms with Crippen molar-refractivity contribution in [2.45, 2.75) is 19.4 Å². The van der Waals surface area contributed by atoms with Crippen molar-refractivity contribution in [2.24, 2.45) is 0 Å². The number of nitrogens with one attached hydrogen (secondary N) is 2. The van der Waals surface area contributed by atoms with Crippen molar-refractivity contribution in [1.82, 2.24) is 5.32 Å². The molecule has 4 heteroatoms. The Morgan fingerprint density at radius 2 is 1.41 bits per heavy atom. The molecule has 0 aliphatic carbocycles. The topological polar surface area (TPSA) is 58.2 Å². The summed E-state index contributed by atoms with van der Waals surface area (Å²) in [6, 6.07) is 25.0. The van der Waals surface area contributed by atoms with Crippen LogP contribution in [0, 0.1) is 0 Å². The Balaban J connectivity index is 1.81. The predicted molar refractivity (Wildman–Crippen MR) is 108 cm³/mol. The highest BCUT2D eigenvalue weighted by Gasteiger charge is 2.23. The van der Waals surface area contributed by atoms with Crippen LogP contribution in [0.5, 0.6) is 0 Å². The zero-order chi connectivity index (χ0) is 19.1. The van der Waals surface area contributed by atoms with Crippen LogP contribution in [0.25, 0.3) is 0 Å². The zero-order valence-corrected chi connectivity index (χ0v) is 15.2. The zero-order valence-electron chi connectivity index (χ0n) is 15.2. The van der Waals surface area contributed by atoms with Crippen LogP contribution >= 0.6 is 0 Å². The van der Waals surface area contributed by atoms with Gasteiger partial charge in [0, 0.05) is 11.3 Å². The van der Waals surface area contributed by atoms with Gasteiger partial charge < -0.3 is 10.6 Å². The summed E-state index contributed by atoms with van der Waals surface area (Å²) in [7, 11) is 0. The van der Waals surface area contributed by atoms with Crippen LogP contribution in [0.4, 0.5) is 5.69 Å². The average molecular weight is 358 g/mol. The number of anilines is 1. The molecule has 0 saturated carbocycles. The van der Waals surface area contributed by atoms with E-state index in [1.54, 1.807) is 24.3 Å². The van der Waals surface area contributed by atoms with Crippen molar-refractivity contribution in [3.8, 4) is 0 Å². The molecule has 0 saturated heterocycles. The minimum absolute atomic E-state index is 0.283. The number of carbonyl (C=O) groups is 2. The van der Waals surface area contributed by atoms with Gasteiger partial charge in [-0.15, -0.1) is 0 Å². The lowest BCUT2D eigenvalue weighted by molar-refractivity contribution is -0.118. The van der Waals surface area contributed by atoms with E-state index in [2.05, 4.69) is 17.6 Å². The molecule has 1 unspecified atom stereocenters.